The van der Waals surface area contributed by atoms with Gasteiger partial charge < -0.3 is 18.6 Å². The van der Waals surface area contributed by atoms with Crippen LogP contribution in [0.1, 0.15) is 18.4 Å². The second-order valence-electron chi connectivity index (χ2n) is 7.99. The van der Waals surface area contributed by atoms with Gasteiger partial charge in [-0.25, -0.2) is 4.68 Å². The first-order chi connectivity index (χ1) is 16.3. The van der Waals surface area contributed by atoms with E-state index in [9.17, 15) is 0 Å². The van der Waals surface area contributed by atoms with E-state index in [0.717, 1.165) is 63.7 Å². The van der Waals surface area contributed by atoms with Gasteiger partial charge in [0, 0.05) is 17.4 Å². The summed E-state index contributed by atoms with van der Waals surface area (Å²) in [4.78, 5) is 5.63. The molecule has 8 heteroatoms. The maximum absolute atomic E-state index is 6.12. The highest BCUT2D eigenvalue weighted by Gasteiger charge is 2.17. The van der Waals surface area contributed by atoms with E-state index in [1.807, 2.05) is 64.8 Å². The Morgan fingerprint density at radius 3 is 2.82 bits per heavy atom. The van der Waals surface area contributed by atoms with E-state index in [-0.39, 0.29) is 6.10 Å². The molecule has 2 aliphatic rings. The van der Waals surface area contributed by atoms with Crippen molar-refractivity contribution in [1.29, 1.82) is 0 Å². The molecule has 4 aromatic rings. The lowest BCUT2D eigenvalue weighted by Gasteiger charge is -2.18. The number of thiazole rings is 1. The average molecular weight is 462 g/mol. The molecular formula is C25H23N3O4S. The van der Waals surface area contributed by atoms with E-state index in [4.69, 9.17) is 28.7 Å². The molecule has 1 saturated heterocycles. The molecule has 0 spiro atoms. The van der Waals surface area contributed by atoms with Crippen molar-refractivity contribution < 1.29 is 18.6 Å². The highest BCUT2D eigenvalue weighted by atomic mass is 32.1. The Kier molecular flexibility index (Phi) is 5.45. The molecule has 2 aliphatic heterocycles. The lowest BCUT2D eigenvalue weighted by atomic mass is 10.2. The van der Waals surface area contributed by atoms with Crippen LogP contribution in [0.2, 0.25) is 0 Å². The fourth-order valence-electron chi connectivity index (χ4n) is 4.03. The molecule has 1 fully saturated rings. The van der Waals surface area contributed by atoms with Crippen LogP contribution in [0.4, 0.5) is 0 Å². The van der Waals surface area contributed by atoms with Crippen LogP contribution >= 0.6 is 11.3 Å². The topological polar surface area (TPSA) is 70.5 Å². The summed E-state index contributed by atoms with van der Waals surface area (Å²) >= 11 is 1.54. The van der Waals surface area contributed by atoms with Gasteiger partial charge in [0.25, 0.3) is 0 Å². The highest BCUT2D eigenvalue weighted by Crippen LogP contribution is 2.31. The number of hydrogen-bond acceptors (Lipinski definition) is 7. The van der Waals surface area contributed by atoms with Crippen molar-refractivity contribution in [1.82, 2.24) is 4.68 Å². The molecule has 0 radical (unpaired) electrons. The van der Waals surface area contributed by atoms with Crippen molar-refractivity contribution in [3.8, 4) is 23.0 Å². The number of fused-ring (bicyclic) bond motifs is 2. The van der Waals surface area contributed by atoms with Crippen LogP contribution in [0, 0.1) is 0 Å². The summed E-state index contributed by atoms with van der Waals surface area (Å²) in [5.74, 6) is 2.25. The first-order valence-corrected chi connectivity index (χ1v) is 12.0. The number of hydrogen-bond donors (Lipinski definition) is 0. The van der Waals surface area contributed by atoms with Crippen LogP contribution in [-0.4, -0.2) is 43.4 Å². The zero-order chi connectivity index (χ0) is 22.0. The van der Waals surface area contributed by atoms with Gasteiger partial charge >= 0.3 is 0 Å². The highest BCUT2D eigenvalue weighted by molar-refractivity contribution is 7.07. The van der Waals surface area contributed by atoms with E-state index in [2.05, 4.69) is 0 Å². The molecule has 7 nitrogen and oxygen atoms in total. The molecule has 0 saturated carbocycles. The Morgan fingerprint density at radius 2 is 1.94 bits per heavy atom. The quantitative estimate of drug-likeness (QED) is 0.404. The Labute approximate surface area is 194 Å². The molecule has 0 bridgehead atoms. The van der Waals surface area contributed by atoms with Gasteiger partial charge in [-0.1, -0.05) is 18.2 Å². The summed E-state index contributed by atoms with van der Waals surface area (Å²) < 4.78 is 25.0. The molecule has 33 heavy (non-hydrogen) atoms. The monoisotopic (exact) mass is 461 g/mol. The van der Waals surface area contributed by atoms with Crippen LogP contribution in [0.25, 0.3) is 22.4 Å². The molecule has 0 N–H and O–H groups in total. The Balaban J connectivity index is 1.39. The molecule has 6 rings (SSSR count). The fraction of sp³-hybridized carbons (Fsp3) is 0.280. The predicted octanol–water partition coefficient (Wildman–Crippen LogP) is 4.70. The van der Waals surface area contributed by atoms with E-state index in [1.165, 1.54) is 0 Å². The third-order valence-electron chi connectivity index (χ3n) is 5.71. The minimum atomic E-state index is 0.178. The number of aromatic nitrogens is 1. The van der Waals surface area contributed by atoms with Gasteiger partial charge in [0.2, 0.25) is 4.80 Å². The summed E-state index contributed by atoms with van der Waals surface area (Å²) in [5.41, 5.74) is 2.62. The molecule has 1 unspecified atom stereocenters. The average Bonchev–Trinajstić information content (AvgIpc) is 3.60. The predicted molar refractivity (Wildman–Crippen MR) is 127 cm³/mol. The van der Waals surface area contributed by atoms with Crippen LogP contribution in [0.5, 0.6) is 11.5 Å². The van der Waals surface area contributed by atoms with Crippen LogP contribution < -0.4 is 14.3 Å². The third-order valence-corrected chi connectivity index (χ3v) is 6.56. The van der Waals surface area contributed by atoms with Crippen LogP contribution in [0.3, 0.4) is 0 Å². The molecule has 168 valence electrons. The first-order valence-electron chi connectivity index (χ1n) is 11.1. The molecule has 0 amide bonds. The molecular weight excluding hydrogens is 438 g/mol. The lowest BCUT2D eigenvalue weighted by molar-refractivity contribution is 0.117. The summed E-state index contributed by atoms with van der Waals surface area (Å²) in [6, 6.07) is 15.8. The van der Waals surface area contributed by atoms with Crippen LogP contribution in [0.15, 0.2) is 68.4 Å². The Bertz CT molecular complexity index is 1340. The Hall–Kier alpha value is -3.36. The van der Waals surface area contributed by atoms with E-state index in [1.54, 1.807) is 11.3 Å². The summed E-state index contributed by atoms with van der Waals surface area (Å²) in [6.45, 7) is 2.56. The normalized spacial score (nSPS) is 18.5. The van der Waals surface area contributed by atoms with Gasteiger partial charge in [0.05, 0.1) is 18.9 Å². The number of rotatable bonds is 5. The second kappa shape index (κ2) is 8.88. The number of furan rings is 1. The molecule has 1 atom stereocenters. The smallest absolute Gasteiger partial charge is 0.206 e. The fourth-order valence-corrected chi connectivity index (χ4v) is 4.86. The summed E-state index contributed by atoms with van der Waals surface area (Å²) in [7, 11) is 0. The number of para-hydroxylation sites is 1. The number of benzene rings is 2. The van der Waals surface area contributed by atoms with Crippen molar-refractivity contribution in [3.05, 3.63) is 64.3 Å². The van der Waals surface area contributed by atoms with Gasteiger partial charge in [0.15, 0.2) is 17.3 Å². The minimum absolute atomic E-state index is 0.178. The zero-order valence-electron chi connectivity index (χ0n) is 18.0. The Morgan fingerprint density at radius 1 is 1.03 bits per heavy atom. The summed E-state index contributed by atoms with van der Waals surface area (Å²) in [5, 5.41) is 7.88. The van der Waals surface area contributed by atoms with E-state index in [0.29, 0.717) is 19.8 Å². The van der Waals surface area contributed by atoms with Gasteiger partial charge in [-0.05, 0) is 48.7 Å². The third kappa shape index (κ3) is 4.19. The van der Waals surface area contributed by atoms with Crippen molar-refractivity contribution in [2.75, 3.05) is 26.4 Å². The van der Waals surface area contributed by atoms with E-state index < -0.39 is 0 Å². The lowest BCUT2D eigenvalue weighted by Crippen LogP contribution is -2.17. The minimum Gasteiger partial charge on any atom is -0.486 e. The standard InChI is InChI=1S/C25H23N3O4S/c1-2-6-21-18(4-1)13-23(32-21)20-16-33-25(26-15-19-5-3-9-29-19)28(20)27-14-17-7-8-22-24(12-17)31-11-10-30-22/h1-2,4,6-8,12-14,16,19H,3,5,9-11,15H2. The van der Waals surface area contributed by atoms with E-state index >= 15 is 0 Å². The largest absolute Gasteiger partial charge is 0.486 e. The number of nitrogens with zero attached hydrogens (tertiary/aromatic N) is 3. The van der Waals surface area contributed by atoms with Gasteiger partial charge in [0.1, 0.15) is 24.5 Å². The summed E-state index contributed by atoms with van der Waals surface area (Å²) in [6.07, 6.45) is 4.13. The van der Waals surface area contributed by atoms with Crippen LogP contribution in [-0.2, 0) is 4.74 Å². The molecule has 2 aromatic heterocycles. The maximum Gasteiger partial charge on any atom is 0.206 e. The SMILES string of the molecule is C(=Nn1c(-c2cc3ccccc3o2)csc1=NCC1CCCO1)c1ccc2c(c1)OCCO2. The van der Waals surface area contributed by atoms with Gasteiger partial charge in [-0.2, -0.15) is 5.10 Å². The zero-order valence-corrected chi connectivity index (χ0v) is 18.8. The second-order valence-corrected chi connectivity index (χ2v) is 8.82. The first kappa shape index (κ1) is 20.3. The van der Waals surface area contributed by atoms with Crippen molar-refractivity contribution in [2.45, 2.75) is 18.9 Å². The maximum atomic E-state index is 6.12. The van der Waals surface area contributed by atoms with Gasteiger partial charge in [-0.3, -0.25) is 4.99 Å². The molecule has 4 heterocycles. The van der Waals surface area contributed by atoms with Crippen molar-refractivity contribution in [2.24, 2.45) is 10.1 Å². The molecule has 0 aliphatic carbocycles. The number of ether oxygens (including phenoxy) is 3. The molecule has 2 aromatic carbocycles. The van der Waals surface area contributed by atoms with Gasteiger partial charge in [-0.15, -0.1) is 11.3 Å². The van der Waals surface area contributed by atoms with Crippen molar-refractivity contribution in [3.63, 3.8) is 0 Å². The van der Waals surface area contributed by atoms with Crippen molar-refractivity contribution >= 4 is 28.5 Å².